The maximum Gasteiger partial charge on any atom is 0.125 e. The van der Waals surface area contributed by atoms with Crippen LogP contribution in [0, 0.1) is 5.82 Å². The predicted octanol–water partition coefficient (Wildman–Crippen LogP) is 7.41. The van der Waals surface area contributed by atoms with Crippen LogP contribution in [0.2, 0.25) is 0 Å². The average Bonchev–Trinajstić information content (AvgIpc) is 3.35. The first-order chi connectivity index (χ1) is 16.3. The summed E-state index contributed by atoms with van der Waals surface area (Å²) >= 11 is 0. The molecule has 7 aromatic rings. The lowest BCUT2D eigenvalue weighted by molar-refractivity contribution is 0.627. The minimum atomic E-state index is -0.258. The summed E-state index contributed by atoms with van der Waals surface area (Å²) in [4.78, 5) is 5.21. The molecule has 33 heavy (non-hydrogen) atoms. The van der Waals surface area contributed by atoms with E-state index in [1.54, 1.807) is 12.1 Å². The van der Waals surface area contributed by atoms with Crippen LogP contribution in [0.15, 0.2) is 109 Å². The van der Waals surface area contributed by atoms with E-state index in [0.717, 1.165) is 55.2 Å². The average molecular weight is 427 g/mol. The van der Waals surface area contributed by atoms with Crippen LogP contribution in [0.1, 0.15) is 0 Å². The lowest BCUT2D eigenvalue weighted by Gasteiger charge is -2.09. The van der Waals surface area contributed by atoms with Crippen LogP contribution in [0.3, 0.4) is 0 Å². The van der Waals surface area contributed by atoms with E-state index < -0.39 is 0 Å². The topological polar surface area (TPSA) is 22.8 Å². The van der Waals surface area contributed by atoms with E-state index in [0.29, 0.717) is 0 Å². The zero-order chi connectivity index (χ0) is 21.9. The standard InChI is InChI=1S/C29H18FN3/c30-19-9-8-12-21(17-19)33-25-16-7-5-14-23(25)29-27(33)18-26-28(31-29)22-13-4-6-15-24(22)32(26)20-10-2-1-3-11-20/h1-18H. The van der Waals surface area contributed by atoms with Gasteiger partial charge in [-0.15, -0.1) is 0 Å². The second-order valence-corrected chi connectivity index (χ2v) is 8.24. The molecule has 7 rings (SSSR count). The molecule has 0 saturated heterocycles. The minimum Gasteiger partial charge on any atom is -0.308 e. The Balaban J connectivity index is 1.70. The Morgan fingerprint density at radius 1 is 0.485 bits per heavy atom. The Morgan fingerprint density at radius 2 is 1.03 bits per heavy atom. The van der Waals surface area contributed by atoms with Crippen LogP contribution in [0.25, 0.3) is 55.2 Å². The monoisotopic (exact) mass is 427 g/mol. The highest BCUT2D eigenvalue weighted by Crippen LogP contribution is 2.37. The second kappa shape index (κ2) is 6.78. The maximum atomic E-state index is 14.2. The van der Waals surface area contributed by atoms with Crippen molar-refractivity contribution in [1.82, 2.24) is 14.1 Å². The van der Waals surface area contributed by atoms with Crippen LogP contribution in [-0.2, 0) is 0 Å². The van der Waals surface area contributed by atoms with Crippen molar-refractivity contribution in [2.24, 2.45) is 0 Å². The van der Waals surface area contributed by atoms with Crippen LogP contribution >= 0.6 is 0 Å². The summed E-state index contributed by atoms with van der Waals surface area (Å²) in [5, 5.41) is 2.16. The molecular formula is C29H18FN3. The SMILES string of the molecule is Fc1cccc(-n2c3ccccc3c3nc4c5ccccc5n(-c5ccccc5)c4cc32)c1. The fraction of sp³-hybridized carbons (Fsp3) is 0. The molecule has 0 N–H and O–H groups in total. The number of nitrogens with zero attached hydrogens (tertiary/aromatic N) is 3. The molecular weight excluding hydrogens is 409 g/mol. The van der Waals surface area contributed by atoms with E-state index in [4.69, 9.17) is 4.98 Å². The minimum absolute atomic E-state index is 0.258. The number of pyridine rings is 1. The molecule has 3 aromatic heterocycles. The summed E-state index contributed by atoms with van der Waals surface area (Å²) in [5.74, 6) is -0.258. The van der Waals surface area contributed by atoms with Gasteiger partial charge in [0.25, 0.3) is 0 Å². The maximum absolute atomic E-state index is 14.2. The fourth-order valence-electron chi connectivity index (χ4n) is 4.98. The van der Waals surface area contributed by atoms with Crippen LogP contribution in [-0.4, -0.2) is 14.1 Å². The van der Waals surface area contributed by atoms with E-state index in [-0.39, 0.29) is 5.82 Å². The van der Waals surface area contributed by atoms with E-state index in [1.807, 2.05) is 36.4 Å². The Labute approximate surface area is 188 Å². The number of para-hydroxylation sites is 3. The van der Waals surface area contributed by atoms with Gasteiger partial charge in [-0.25, -0.2) is 9.37 Å². The van der Waals surface area contributed by atoms with Crippen LogP contribution in [0.5, 0.6) is 0 Å². The molecule has 0 saturated carbocycles. The zero-order valence-corrected chi connectivity index (χ0v) is 17.6. The van der Waals surface area contributed by atoms with Gasteiger partial charge >= 0.3 is 0 Å². The third-order valence-corrected chi connectivity index (χ3v) is 6.35. The van der Waals surface area contributed by atoms with Crippen molar-refractivity contribution in [3.63, 3.8) is 0 Å². The summed E-state index contributed by atoms with van der Waals surface area (Å²) in [6.07, 6.45) is 0. The van der Waals surface area contributed by atoms with Gasteiger partial charge in [-0.2, -0.15) is 0 Å². The second-order valence-electron chi connectivity index (χ2n) is 8.24. The van der Waals surface area contributed by atoms with Gasteiger partial charge in [-0.3, -0.25) is 0 Å². The highest BCUT2D eigenvalue weighted by atomic mass is 19.1. The van der Waals surface area contributed by atoms with Gasteiger partial charge in [0.15, 0.2) is 0 Å². The first-order valence-electron chi connectivity index (χ1n) is 10.9. The molecule has 0 radical (unpaired) electrons. The van der Waals surface area contributed by atoms with Crippen molar-refractivity contribution in [1.29, 1.82) is 0 Å². The zero-order valence-electron chi connectivity index (χ0n) is 17.6. The highest BCUT2D eigenvalue weighted by molar-refractivity contribution is 6.15. The van der Waals surface area contributed by atoms with Crippen molar-refractivity contribution < 1.29 is 4.39 Å². The van der Waals surface area contributed by atoms with Gasteiger partial charge in [0, 0.05) is 22.1 Å². The number of fused-ring (bicyclic) bond motifs is 6. The lowest BCUT2D eigenvalue weighted by Crippen LogP contribution is -1.96. The molecule has 0 unspecified atom stereocenters. The van der Waals surface area contributed by atoms with Crippen molar-refractivity contribution in [3.05, 3.63) is 115 Å². The Kier molecular flexibility index (Phi) is 3.73. The molecule has 0 aliphatic carbocycles. The van der Waals surface area contributed by atoms with Crippen molar-refractivity contribution in [3.8, 4) is 11.4 Å². The number of rotatable bonds is 2. The summed E-state index contributed by atoms with van der Waals surface area (Å²) in [7, 11) is 0. The van der Waals surface area contributed by atoms with E-state index in [9.17, 15) is 4.39 Å². The highest BCUT2D eigenvalue weighted by Gasteiger charge is 2.19. The lowest BCUT2D eigenvalue weighted by atomic mass is 10.2. The normalized spacial score (nSPS) is 11.8. The molecule has 0 aliphatic heterocycles. The first-order valence-corrected chi connectivity index (χ1v) is 10.9. The van der Waals surface area contributed by atoms with Gasteiger partial charge in [-0.05, 0) is 48.5 Å². The number of hydrogen-bond donors (Lipinski definition) is 0. The Bertz CT molecular complexity index is 1830. The smallest absolute Gasteiger partial charge is 0.125 e. The van der Waals surface area contributed by atoms with Crippen molar-refractivity contribution in [2.75, 3.05) is 0 Å². The Hall–Kier alpha value is -4.44. The quantitative estimate of drug-likeness (QED) is 0.282. The number of benzene rings is 4. The van der Waals surface area contributed by atoms with Crippen LogP contribution in [0.4, 0.5) is 4.39 Å². The number of hydrogen-bond acceptors (Lipinski definition) is 1. The molecule has 4 heteroatoms. The molecule has 0 amide bonds. The molecule has 0 bridgehead atoms. The van der Waals surface area contributed by atoms with Crippen molar-refractivity contribution >= 4 is 43.9 Å². The molecule has 0 aliphatic rings. The third kappa shape index (κ3) is 2.58. The molecule has 4 aromatic carbocycles. The van der Waals surface area contributed by atoms with Crippen LogP contribution < -0.4 is 0 Å². The first kappa shape index (κ1) is 18.2. The van der Waals surface area contributed by atoms with E-state index >= 15 is 0 Å². The Morgan fingerprint density at radius 3 is 1.67 bits per heavy atom. The molecule has 3 heterocycles. The van der Waals surface area contributed by atoms with Gasteiger partial charge < -0.3 is 9.13 Å². The number of aromatic nitrogens is 3. The van der Waals surface area contributed by atoms with Gasteiger partial charge in [0.05, 0.1) is 33.1 Å². The number of halogens is 1. The summed E-state index contributed by atoms with van der Waals surface area (Å²) < 4.78 is 18.6. The molecule has 3 nitrogen and oxygen atoms in total. The van der Waals surface area contributed by atoms with Gasteiger partial charge in [0.1, 0.15) is 5.82 Å². The molecule has 0 fully saturated rings. The van der Waals surface area contributed by atoms with E-state index in [2.05, 4.69) is 63.7 Å². The van der Waals surface area contributed by atoms with E-state index in [1.165, 1.54) is 6.07 Å². The largest absolute Gasteiger partial charge is 0.308 e. The molecule has 0 atom stereocenters. The summed E-state index contributed by atoms with van der Waals surface area (Å²) in [6, 6.07) is 35.8. The van der Waals surface area contributed by atoms with Gasteiger partial charge in [0.2, 0.25) is 0 Å². The third-order valence-electron chi connectivity index (χ3n) is 6.35. The van der Waals surface area contributed by atoms with Gasteiger partial charge in [-0.1, -0.05) is 60.7 Å². The summed E-state index contributed by atoms with van der Waals surface area (Å²) in [6.45, 7) is 0. The summed E-state index contributed by atoms with van der Waals surface area (Å²) in [5.41, 5.74) is 7.84. The molecule has 0 spiro atoms. The molecule has 156 valence electrons. The predicted molar refractivity (Wildman–Crippen MR) is 133 cm³/mol. The fourth-order valence-corrected chi connectivity index (χ4v) is 4.98. The van der Waals surface area contributed by atoms with Crippen molar-refractivity contribution in [2.45, 2.75) is 0 Å².